The van der Waals surface area contributed by atoms with Crippen molar-refractivity contribution in [2.24, 2.45) is 0 Å². The second kappa shape index (κ2) is 7.99. The first-order valence-electron chi connectivity index (χ1n) is 8.79. The van der Waals surface area contributed by atoms with Crippen LogP contribution in [0.3, 0.4) is 0 Å². The van der Waals surface area contributed by atoms with Crippen molar-refractivity contribution in [2.45, 2.75) is 25.6 Å². The van der Waals surface area contributed by atoms with E-state index >= 15 is 0 Å². The maximum atomic E-state index is 13.0. The smallest absolute Gasteiger partial charge is 0.417 e. The largest absolute Gasteiger partial charge is 0.478 e. The number of sulfonamides is 1. The van der Waals surface area contributed by atoms with Crippen molar-refractivity contribution in [3.63, 3.8) is 0 Å². The summed E-state index contributed by atoms with van der Waals surface area (Å²) in [5.74, 6) is -0.511. The predicted molar refractivity (Wildman–Crippen MR) is 107 cm³/mol. The number of carbonyl (C=O) groups excluding carboxylic acids is 1. The Morgan fingerprint density at radius 2 is 1.93 bits per heavy atom. The molecule has 3 rings (SSSR count). The molecule has 6 nitrogen and oxygen atoms in total. The van der Waals surface area contributed by atoms with Crippen molar-refractivity contribution < 1.29 is 31.1 Å². The number of anilines is 2. The number of rotatable bonds is 3. The number of nitrogens with one attached hydrogen (secondary N) is 1. The molecular weight excluding hydrogens is 445 g/mol. The summed E-state index contributed by atoms with van der Waals surface area (Å²) in [5, 5.41) is 1.90. The molecule has 1 N–H and O–H groups in total. The zero-order valence-electron chi connectivity index (χ0n) is 16.0. The molecule has 30 heavy (non-hydrogen) atoms. The van der Waals surface area contributed by atoms with Crippen LogP contribution in [0.1, 0.15) is 17.5 Å². The summed E-state index contributed by atoms with van der Waals surface area (Å²) in [6, 6.07) is 7.90. The molecule has 0 spiro atoms. The molecular formula is C19H18ClF3N2O4S. The van der Waals surface area contributed by atoms with Gasteiger partial charge in [0.1, 0.15) is 5.75 Å². The lowest BCUT2D eigenvalue weighted by Gasteiger charge is -2.21. The molecule has 2 aromatic rings. The Hall–Kier alpha value is -2.46. The van der Waals surface area contributed by atoms with Gasteiger partial charge in [-0.2, -0.15) is 13.2 Å². The zero-order valence-corrected chi connectivity index (χ0v) is 17.5. The quantitative estimate of drug-likeness (QED) is 0.741. The number of hydrogen-bond donors (Lipinski definition) is 1. The van der Waals surface area contributed by atoms with Crippen molar-refractivity contribution in [2.75, 3.05) is 22.4 Å². The fourth-order valence-electron chi connectivity index (χ4n) is 3.06. The summed E-state index contributed by atoms with van der Waals surface area (Å²) < 4.78 is 70.4. The van der Waals surface area contributed by atoms with Crippen LogP contribution in [0.2, 0.25) is 5.02 Å². The van der Waals surface area contributed by atoms with E-state index in [0.717, 1.165) is 28.3 Å². The van der Waals surface area contributed by atoms with E-state index in [2.05, 4.69) is 5.32 Å². The zero-order chi connectivity index (χ0) is 22.3. The highest BCUT2D eigenvalue weighted by Crippen LogP contribution is 2.37. The standard InChI is InChI=1S/C19H18ClF3N2O4S/c1-11-3-6-16-15(9-11)25(30(2,27)28)8-7-17(29-16)18(26)24-12-4-5-14(20)13(10-12)19(21,22)23/h3-6,9-10,17H,7-8H2,1-2H3,(H,24,26)/t17-/m1/s1. The van der Waals surface area contributed by atoms with E-state index < -0.39 is 38.8 Å². The van der Waals surface area contributed by atoms with Crippen LogP contribution in [0.5, 0.6) is 5.75 Å². The molecule has 0 bridgehead atoms. The fourth-order valence-corrected chi connectivity index (χ4v) is 4.22. The van der Waals surface area contributed by atoms with Gasteiger partial charge in [-0.15, -0.1) is 0 Å². The first-order valence-corrected chi connectivity index (χ1v) is 11.0. The van der Waals surface area contributed by atoms with Gasteiger partial charge in [0.25, 0.3) is 5.91 Å². The van der Waals surface area contributed by atoms with E-state index in [1.807, 2.05) is 0 Å². The van der Waals surface area contributed by atoms with Gasteiger partial charge in [0.05, 0.1) is 22.5 Å². The topological polar surface area (TPSA) is 75.7 Å². The van der Waals surface area contributed by atoms with Gasteiger partial charge in [-0.25, -0.2) is 8.42 Å². The van der Waals surface area contributed by atoms with E-state index in [9.17, 15) is 26.4 Å². The normalized spacial score (nSPS) is 17.0. The molecule has 0 fully saturated rings. The second-order valence-electron chi connectivity index (χ2n) is 6.88. The highest BCUT2D eigenvalue weighted by Gasteiger charge is 2.34. The number of nitrogens with zero attached hydrogens (tertiary/aromatic N) is 1. The Balaban J connectivity index is 1.87. The monoisotopic (exact) mass is 462 g/mol. The van der Waals surface area contributed by atoms with Gasteiger partial charge < -0.3 is 10.1 Å². The average Bonchev–Trinajstić information content (AvgIpc) is 2.81. The molecule has 162 valence electrons. The van der Waals surface area contributed by atoms with Crippen LogP contribution in [0, 0.1) is 6.92 Å². The molecule has 11 heteroatoms. The molecule has 0 aromatic heterocycles. The van der Waals surface area contributed by atoms with E-state index in [1.54, 1.807) is 25.1 Å². The Morgan fingerprint density at radius 1 is 1.23 bits per heavy atom. The van der Waals surface area contributed by atoms with E-state index in [-0.39, 0.29) is 24.4 Å². The number of carbonyl (C=O) groups is 1. The third kappa shape index (κ3) is 4.81. The van der Waals surface area contributed by atoms with E-state index in [0.29, 0.717) is 5.69 Å². The number of hydrogen-bond acceptors (Lipinski definition) is 4. The van der Waals surface area contributed by atoms with Crippen molar-refractivity contribution in [1.29, 1.82) is 0 Å². The summed E-state index contributed by atoms with van der Waals surface area (Å²) in [7, 11) is -3.63. The number of benzene rings is 2. The molecule has 0 saturated carbocycles. The molecule has 0 unspecified atom stereocenters. The lowest BCUT2D eigenvalue weighted by atomic mass is 10.1. The predicted octanol–water partition coefficient (Wildman–Crippen LogP) is 4.22. The van der Waals surface area contributed by atoms with E-state index in [4.69, 9.17) is 16.3 Å². The molecule has 0 radical (unpaired) electrons. The van der Waals surface area contributed by atoms with E-state index in [1.165, 1.54) is 6.07 Å². The third-order valence-electron chi connectivity index (χ3n) is 4.48. The number of halogens is 4. The number of amides is 1. The molecule has 1 aliphatic rings. The second-order valence-corrected chi connectivity index (χ2v) is 9.20. The number of fused-ring (bicyclic) bond motifs is 1. The molecule has 2 aromatic carbocycles. The van der Waals surface area contributed by atoms with Gasteiger partial charge in [0.15, 0.2) is 6.10 Å². The minimum absolute atomic E-state index is 0.00630. The van der Waals surface area contributed by atoms with Gasteiger partial charge in [-0.3, -0.25) is 9.10 Å². The Bertz CT molecular complexity index is 1090. The van der Waals surface area contributed by atoms with Crippen LogP contribution in [0.15, 0.2) is 36.4 Å². The number of aryl methyl sites for hydroxylation is 1. The number of alkyl halides is 3. The van der Waals surface area contributed by atoms with Crippen LogP contribution >= 0.6 is 11.6 Å². The fraction of sp³-hybridized carbons (Fsp3) is 0.316. The maximum Gasteiger partial charge on any atom is 0.417 e. The van der Waals surface area contributed by atoms with Gasteiger partial charge in [0.2, 0.25) is 10.0 Å². The molecule has 1 atom stereocenters. The highest BCUT2D eigenvalue weighted by atomic mass is 35.5. The summed E-state index contributed by atoms with van der Waals surface area (Å²) in [6.07, 6.45) is -4.73. The SMILES string of the molecule is Cc1ccc2c(c1)N(S(C)(=O)=O)CC[C@H](C(=O)Nc1ccc(Cl)c(C(F)(F)F)c1)O2. The van der Waals surface area contributed by atoms with Crippen molar-refractivity contribution in [3.8, 4) is 5.75 Å². The third-order valence-corrected chi connectivity index (χ3v) is 5.99. The van der Waals surface area contributed by atoms with Crippen LogP contribution in [0.25, 0.3) is 0 Å². The molecule has 0 aliphatic carbocycles. The first-order chi connectivity index (χ1) is 13.9. The minimum atomic E-state index is -4.68. The lowest BCUT2D eigenvalue weighted by molar-refractivity contribution is -0.137. The summed E-state index contributed by atoms with van der Waals surface area (Å²) in [4.78, 5) is 12.7. The van der Waals surface area contributed by atoms with Gasteiger partial charge in [-0.1, -0.05) is 17.7 Å². The van der Waals surface area contributed by atoms with Crippen molar-refractivity contribution >= 4 is 38.9 Å². The van der Waals surface area contributed by atoms with Crippen molar-refractivity contribution in [1.82, 2.24) is 0 Å². The van der Waals surface area contributed by atoms with Crippen LogP contribution in [-0.4, -0.2) is 33.2 Å². The Labute approximate surface area is 176 Å². The lowest BCUT2D eigenvalue weighted by Crippen LogP contribution is -2.36. The summed E-state index contributed by atoms with van der Waals surface area (Å²) in [5.41, 5.74) is -0.0742. The summed E-state index contributed by atoms with van der Waals surface area (Å²) in [6.45, 7) is 1.76. The Kier molecular flexibility index (Phi) is 5.92. The summed E-state index contributed by atoms with van der Waals surface area (Å²) >= 11 is 5.60. The molecule has 0 saturated heterocycles. The van der Waals surface area contributed by atoms with Crippen LogP contribution in [-0.2, 0) is 21.0 Å². The molecule has 1 heterocycles. The van der Waals surface area contributed by atoms with Gasteiger partial charge >= 0.3 is 6.18 Å². The first kappa shape index (κ1) is 22.2. The van der Waals surface area contributed by atoms with Crippen LogP contribution in [0.4, 0.5) is 24.5 Å². The molecule has 1 aliphatic heterocycles. The van der Waals surface area contributed by atoms with Crippen LogP contribution < -0.4 is 14.4 Å². The highest BCUT2D eigenvalue weighted by molar-refractivity contribution is 7.92. The van der Waals surface area contributed by atoms with Gasteiger partial charge in [-0.05, 0) is 42.8 Å². The average molecular weight is 463 g/mol. The number of ether oxygens (including phenoxy) is 1. The minimum Gasteiger partial charge on any atom is -0.478 e. The maximum absolute atomic E-state index is 13.0. The Morgan fingerprint density at radius 3 is 2.57 bits per heavy atom. The van der Waals surface area contributed by atoms with Crippen molar-refractivity contribution in [3.05, 3.63) is 52.5 Å². The molecule has 1 amide bonds. The van der Waals surface area contributed by atoms with Gasteiger partial charge in [0, 0.05) is 18.7 Å².